The fraction of sp³-hybridized carbons (Fsp3) is 1.00. The lowest BCUT2D eigenvalue weighted by molar-refractivity contribution is -0.0585. The fourth-order valence-corrected chi connectivity index (χ4v) is 2.06. The number of hydrogen-bond donors (Lipinski definition) is 1. The summed E-state index contributed by atoms with van der Waals surface area (Å²) < 4.78 is 5.50. The van der Waals surface area contributed by atoms with E-state index in [-0.39, 0.29) is 11.7 Å². The molecule has 1 saturated heterocycles. The van der Waals surface area contributed by atoms with Crippen LogP contribution < -0.4 is 0 Å². The summed E-state index contributed by atoms with van der Waals surface area (Å²) in [6.07, 6.45) is 2.94. The topological polar surface area (TPSA) is 32.7 Å². The van der Waals surface area contributed by atoms with Crippen LogP contribution in [0.15, 0.2) is 0 Å². The van der Waals surface area contributed by atoms with Crippen LogP contribution in [0.1, 0.15) is 33.1 Å². The molecule has 3 heteroatoms. The molecule has 0 aromatic carbocycles. The van der Waals surface area contributed by atoms with Crippen LogP contribution in [0.25, 0.3) is 0 Å². The zero-order valence-corrected chi connectivity index (χ0v) is 9.62. The number of aliphatic hydroxyl groups excluding tert-OH is 1. The average molecular weight is 201 g/mol. The Labute approximate surface area is 87.1 Å². The van der Waals surface area contributed by atoms with E-state index in [0.717, 1.165) is 32.5 Å². The molecule has 2 unspecified atom stereocenters. The van der Waals surface area contributed by atoms with Crippen molar-refractivity contribution in [3.05, 3.63) is 0 Å². The molecular weight excluding hydrogens is 178 g/mol. The van der Waals surface area contributed by atoms with E-state index in [1.807, 2.05) is 6.92 Å². The van der Waals surface area contributed by atoms with Crippen LogP contribution >= 0.6 is 0 Å². The number of methoxy groups -OCH3 is 1. The third-order valence-corrected chi connectivity index (χ3v) is 3.17. The van der Waals surface area contributed by atoms with E-state index in [4.69, 9.17) is 4.74 Å². The Balaban J connectivity index is 2.40. The third kappa shape index (κ3) is 3.23. The molecule has 0 radical (unpaired) electrons. The lowest BCUT2D eigenvalue weighted by Crippen LogP contribution is -2.49. The van der Waals surface area contributed by atoms with Crippen molar-refractivity contribution in [3.63, 3.8) is 0 Å². The first-order valence-electron chi connectivity index (χ1n) is 5.55. The van der Waals surface area contributed by atoms with Crippen molar-refractivity contribution < 1.29 is 9.84 Å². The Hall–Kier alpha value is -0.120. The molecule has 2 atom stereocenters. The molecule has 1 N–H and O–H groups in total. The van der Waals surface area contributed by atoms with Gasteiger partial charge in [-0.25, -0.2) is 0 Å². The minimum Gasteiger partial charge on any atom is -0.392 e. The van der Waals surface area contributed by atoms with Gasteiger partial charge in [-0.3, -0.25) is 4.90 Å². The molecule has 0 aromatic heterocycles. The summed E-state index contributed by atoms with van der Waals surface area (Å²) in [6.45, 7) is 6.99. The summed E-state index contributed by atoms with van der Waals surface area (Å²) in [5.74, 6) is 0. The molecule has 1 rings (SSSR count). The molecule has 0 aromatic rings. The summed E-state index contributed by atoms with van der Waals surface area (Å²) in [5, 5.41) is 9.57. The third-order valence-electron chi connectivity index (χ3n) is 3.17. The average Bonchev–Trinajstić information content (AvgIpc) is 2.18. The lowest BCUT2D eigenvalue weighted by Gasteiger charge is -2.40. The maximum Gasteiger partial charge on any atom is 0.0777 e. The summed E-state index contributed by atoms with van der Waals surface area (Å²) >= 11 is 0. The second-order valence-corrected chi connectivity index (χ2v) is 4.55. The van der Waals surface area contributed by atoms with Gasteiger partial charge >= 0.3 is 0 Å². The van der Waals surface area contributed by atoms with Crippen molar-refractivity contribution >= 4 is 0 Å². The Morgan fingerprint density at radius 1 is 1.57 bits per heavy atom. The van der Waals surface area contributed by atoms with Gasteiger partial charge in [0, 0.05) is 20.2 Å². The number of aliphatic hydroxyl groups is 1. The minimum absolute atomic E-state index is 0.00822. The standard InChI is InChI=1S/C11H23NO2/c1-4-10(13)8-12-7-5-6-11(2,9-12)14-3/h10,13H,4-9H2,1-3H3. The summed E-state index contributed by atoms with van der Waals surface area (Å²) in [4.78, 5) is 2.31. The zero-order valence-electron chi connectivity index (χ0n) is 9.62. The predicted molar refractivity (Wildman–Crippen MR) is 57.4 cm³/mol. The molecule has 14 heavy (non-hydrogen) atoms. The van der Waals surface area contributed by atoms with Crippen LogP contribution in [0.3, 0.4) is 0 Å². The maximum atomic E-state index is 9.57. The molecule has 0 amide bonds. The van der Waals surface area contributed by atoms with Crippen LogP contribution in [0.5, 0.6) is 0 Å². The van der Waals surface area contributed by atoms with Gasteiger partial charge in [0.2, 0.25) is 0 Å². The van der Waals surface area contributed by atoms with E-state index < -0.39 is 0 Å². The van der Waals surface area contributed by atoms with Crippen LogP contribution in [-0.2, 0) is 4.74 Å². The SMILES string of the molecule is CCC(O)CN1CCCC(C)(OC)C1. The van der Waals surface area contributed by atoms with Gasteiger partial charge in [0.25, 0.3) is 0 Å². The maximum absolute atomic E-state index is 9.57. The number of likely N-dealkylation sites (tertiary alicyclic amines) is 1. The molecule has 1 aliphatic rings. The van der Waals surface area contributed by atoms with E-state index >= 15 is 0 Å². The van der Waals surface area contributed by atoms with Gasteiger partial charge in [0.1, 0.15) is 0 Å². The molecule has 1 fully saturated rings. The number of ether oxygens (including phenoxy) is 1. The number of β-amino-alcohol motifs (C(OH)–C–C–N with tert-alkyl or cyclic N) is 1. The van der Waals surface area contributed by atoms with Gasteiger partial charge in [0.15, 0.2) is 0 Å². The normalized spacial score (nSPS) is 31.7. The van der Waals surface area contributed by atoms with E-state index in [1.54, 1.807) is 7.11 Å². The monoisotopic (exact) mass is 201 g/mol. The molecule has 0 bridgehead atoms. The first-order valence-corrected chi connectivity index (χ1v) is 5.55. The van der Waals surface area contributed by atoms with Crippen molar-refractivity contribution in [3.8, 4) is 0 Å². The van der Waals surface area contributed by atoms with Crippen molar-refractivity contribution in [2.24, 2.45) is 0 Å². The summed E-state index contributed by atoms with van der Waals surface area (Å²) in [6, 6.07) is 0. The Kier molecular flexibility index (Phi) is 4.35. The van der Waals surface area contributed by atoms with Crippen molar-refractivity contribution in [1.29, 1.82) is 0 Å². The molecule has 3 nitrogen and oxygen atoms in total. The van der Waals surface area contributed by atoms with Gasteiger partial charge in [-0.2, -0.15) is 0 Å². The molecule has 1 heterocycles. The van der Waals surface area contributed by atoms with Crippen LogP contribution in [-0.4, -0.2) is 48.5 Å². The Morgan fingerprint density at radius 2 is 2.29 bits per heavy atom. The highest BCUT2D eigenvalue weighted by Crippen LogP contribution is 2.23. The van der Waals surface area contributed by atoms with Crippen LogP contribution in [0.2, 0.25) is 0 Å². The van der Waals surface area contributed by atoms with Crippen LogP contribution in [0, 0.1) is 0 Å². The summed E-state index contributed by atoms with van der Waals surface area (Å²) in [5.41, 5.74) is -0.00822. The molecule has 1 aliphatic heterocycles. The van der Waals surface area contributed by atoms with E-state index in [0.29, 0.717) is 0 Å². The van der Waals surface area contributed by atoms with Gasteiger partial charge in [-0.1, -0.05) is 6.92 Å². The largest absolute Gasteiger partial charge is 0.392 e. The highest BCUT2D eigenvalue weighted by molar-refractivity contribution is 4.85. The number of piperidine rings is 1. The van der Waals surface area contributed by atoms with Gasteiger partial charge in [0.05, 0.1) is 11.7 Å². The smallest absolute Gasteiger partial charge is 0.0777 e. The highest BCUT2D eigenvalue weighted by Gasteiger charge is 2.30. The Morgan fingerprint density at radius 3 is 2.86 bits per heavy atom. The van der Waals surface area contributed by atoms with Crippen molar-refractivity contribution in [2.75, 3.05) is 26.7 Å². The molecule has 0 spiro atoms. The zero-order chi connectivity index (χ0) is 10.6. The number of nitrogens with zero attached hydrogens (tertiary/aromatic N) is 1. The highest BCUT2D eigenvalue weighted by atomic mass is 16.5. The van der Waals surface area contributed by atoms with E-state index in [2.05, 4.69) is 11.8 Å². The number of hydrogen-bond acceptors (Lipinski definition) is 3. The van der Waals surface area contributed by atoms with E-state index in [9.17, 15) is 5.11 Å². The van der Waals surface area contributed by atoms with Crippen LogP contribution in [0.4, 0.5) is 0 Å². The second-order valence-electron chi connectivity index (χ2n) is 4.55. The molecule has 0 saturated carbocycles. The second kappa shape index (κ2) is 5.10. The molecular formula is C11H23NO2. The first-order chi connectivity index (χ1) is 6.59. The van der Waals surface area contributed by atoms with E-state index in [1.165, 1.54) is 6.42 Å². The molecule has 84 valence electrons. The molecule has 0 aliphatic carbocycles. The van der Waals surface area contributed by atoms with Gasteiger partial charge < -0.3 is 9.84 Å². The van der Waals surface area contributed by atoms with Crippen molar-refractivity contribution in [1.82, 2.24) is 4.90 Å². The summed E-state index contributed by atoms with van der Waals surface area (Å²) in [7, 11) is 1.78. The lowest BCUT2D eigenvalue weighted by atomic mass is 9.94. The van der Waals surface area contributed by atoms with Gasteiger partial charge in [-0.05, 0) is 32.7 Å². The number of rotatable bonds is 4. The minimum atomic E-state index is -0.186. The van der Waals surface area contributed by atoms with Gasteiger partial charge in [-0.15, -0.1) is 0 Å². The van der Waals surface area contributed by atoms with Crippen molar-refractivity contribution in [2.45, 2.75) is 44.8 Å². The first kappa shape index (κ1) is 12.0. The Bertz CT molecular complexity index is 175. The quantitative estimate of drug-likeness (QED) is 0.743. The fourth-order valence-electron chi connectivity index (χ4n) is 2.06. The predicted octanol–water partition coefficient (Wildman–Crippen LogP) is 1.26.